The first kappa shape index (κ1) is 23.3. The first-order valence-electron chi connectivity index (χ1n) is 6.44. The quantitative estimate of drug-likeness (QED) is 0.410. The number of rotatable bonds is 1. The van der Waals surface area contributed by atoms with Crippen molar-refractivity contribution in [2.75, 3.05) is 0 Å². The van der Waals surface area contributed by atoms with Gasteiger partial charge in [0.25, 0.3) is 0 Å². The van der Waals surface area contributed by atoms with E-state index in [1.54, 1.807) is 0 Å². The van der Waals surface area contributed by atoms with Gasteiger partial charge in [-0.1, -0.05) is 43.4 Å². The van der Waals surface area contributed by atoms with Crippen LogP contribution in [0.1, 0.15) is 16.7 Å². The van der Waals surface area contributed by atoms with Gasteiger partial charge in [-0.2, -0.15) is 23.8 Å². The Morgan fingerprint density at radius 3 is 2.00 bits per heavy atom. The van der Waals surface area contributed by atoms with E-state index >= 15 is 0 Å². The Morgan fingerprint density at radius 2 is 1.52 bits per heavy atom. The Hall–Kier alpha value is -0.0100. The van der Waals surface area contributed by atoms with E-state index in [-0.39, 0.29) is 51.0 Å². The first-order valence-corrected chi connectivity index (χ1v) is 10.0. The zero-order chi connectivity index (χ0) is 13.0. The molecule has 0 N–H and O–H groups in total. The maximum absolute atomic E-state index is 3.50. The molecular weight excluding hydrogens is 394 g/mol. The summed E-state index contributed by atoms with van der Waals surface area (Å²) in [6.07, 6.45) is 5.65. The maximum Gasteiger partial charge on any atom is 4.00 e. The van der Waals surface area contributed by atoms with Crippen LogP contribution in [-0.4, -0.2) is 8.07 Å². The van der Waals surface area contributed by atoms with Crippen molar-refractivity contribution in [2.45, 2.75) is 25.2 Å². The van der Waals surface area contributed by atoms with Gasteiger partial charge in [-0.15, -0.1) is 11.6 Å². The largest absolute Gasteiger partial charge is 4.00 e. The molecule has 2 aromatic rings. The first-order chi connectivity index (χ1) is 8.59. The molecule has 0 bridgehead atoms. The van der Waals surface area contributed by atoms with Gasteiger partial charge in [-0.25, -0.2) is 18.2 Å². The Bertz CT molecular complexity index is 499. The number of benzene rings is 1. The van der Waals surface area contributed by atoms with Gasteiger partial charge in [0.05, 0.1) is 0 Å². The summed E-state index contributed by atoms with van der Waals surface area (Å²) in [7, 11) is -1.12. The average molecular weight is 415 g/mol. The molecule has 2 aromatic carbocycles. The summed E-state index contributed by atoms with van der Waals surface area (Å²) in [5, 5.41) is 0. The van der Waals surface area contributed by atoms with Gasteiger partial charge in [0, 0.05) is 8.07 Å². The van der Waals surface area contributed by atoms with Crippen molar-refractivity contribution in [1.29, 1.82) is 0 Å². The van der Waals surface area contributed by atoms with Crippen LogP contribution in [0.3, 0.4) is 0 Å². The number of halogens is 2. The van der Waals surface area contributed by atoms with E-state index < -0.39 is 8.07 Å². The van der Waals surface area contributed by atoms with Gasteiger partial charge >= 0.3 is 26.2 Å². The number of allylic oxidation sites excluding steroid dienone is 1. The minimum absolute atomic E-state index is 0. The van der Waals surface area contributed by atoms with E-state index in [4.69, 9.17) is 0 Å². The van der Waals surface area contributed by atoms with Gasteiger partial charge in [0.15, 0.2) is 0 Å². The summed E-state index contributed by atoms with van der Waals surface area (Å²) in [6.45, 7) is 7.21. The molecule has 4 heteroatoms. The number of hydrogen-bond donors (Lipinski definition) is 0. The average Bonchev–Trinajstić information content (AvgIpc) is 3.01. The molecule has 0 saturated carbocycles. The van der Waals surface area contributed by atoms with Gasteiger partial charge < -0.3 is 24.8 Å². The molecule has 0 aromatic heterocycles. The van der Waals surface area contributed by atoms with Crippen molar-refractivity contribution in [3.05, 3.63) is 71.8 Å². The van der Waals surface area contributed by atoms with Crippen LogP contribution in [0.2, 0.25) is 19.6 Å². The van der Waals surface area contributed by atoms with Gasteiger partial charge in [-0.05, 0) is 0 Å². The smallest absolute Gasteiger partial charge is 1.00 e. The standard InChI is InChI=1S/C12H15Si.C5H5.2ClH.Zr/c1-13(2,3)12-9-8-10-6-4-5-7-11(10)12;1-2-4-5-3-1;;;/h4-8,12H,1-3H3;1-5H;2*1H;/q2*-1;;;+4/p-2. The van der Waals surface area contributed by atoms with Crippen molar-refractivity contribution in [2.24, 2.45) is 0 Å². The van der Waals surface area contributed by atoms with Crippen LogP contribution in [-0.2, 0) is 26.2 Å². The molecule has 0 radical (unpaired) electrons. The Morgan fingerprint density at radius 1 is 0.952 bits per heavy atom. The summed E-state index contributed by atoms with van der Waals surface area (Å²) >= 11 is 0. The van der Waals surface area contributed by atoms with Crippen LogP contribution in [0.4, 0.5) is 0 Å². The predicted octanol–water partition coefficient (Wildman–Crippen LogP) is -1.11. The molecule has 3 rings (SSSR count). The van der Waals surface area contributed by atoms with Crippen molar-refractivity contribution in [3.63, 3.8) is 0 Å². The second-order valence-corrected chi connectivity index (χ2v) is 11.0. The molecule has 0 heterocycles. The van der Waals surface area contributed by atoms with Crippen LogP contribution in [0, 0.1) is 6.08 Å². The topological polar surface area (TPSA) is 0 Å². The van der Waals surface area contributed by atoms with Crippen LogP contribution in [0.15, 0.2) is 54.6 Å². The molecule has 0 fully saturated rings. The molecular formula is C17H20Cl2SiZr. The molecule has 1 atom stereocenters. The Balaban J connectivity index is 0. The van der Waals surface area contributed by atoms with E-state index in [9.17, 15) is 0 Å². The molecule has 1 aliphatic carbocycles. The van der Waals surface area contributed by atoms with E-state index in [1.165, 1.54) is 11.1 Å². The molecule has 0 amide bonds. The third-order valence-electron chi connectivity index (χ3n) is 3.13. The fraction of sp³-hybridized carbons (Fsp3) is 0.235. The van der Waals surface area contributed by atoms with Crippen LogP contribution < -0.4 is 24.8 Å². The van der Waals surface area contributed by atoms with Gasteiger partial charge in [-0.3, -0.25) is 6.08 Å². The molecule has 21 heavy (non-hydrogen) atoms. The zero-order valence-electron chi connectivity index (χ0n) is 12.6. The molecule has 0 spiro atoms. The molecule has 0 saturated heterocycles. The van der Waals surface area contributed by atoms with E-state index in [1.807, 2.05) is 30.3 Å². The summed E-state index contributed by atoms with van der Waals surface area (Å²) < 4.78 is 0. The van der Waals surface area contributed by atoms with E-state index in [0.29, 0.717) is 5.54 Å². The normalized spacial score (nSPS) is 14.5. The van der Waals surface area contributed by atoms with Crippen molar-refractivity contribution < 1.29 is 51.0 Å². The van der Waals surface area contributed by atoms with Gasteiger partial charge in [0.1, 0.15) is 0 Å². The van der Waals surface area contributed by atoms with Crippen molar-refractivity contribution in [3.8, 4) is 0 Å². The monoisotopic (exact) mass is 412 g/mol. The summed E-state index contributed by atoms with van der Waals surface area (Å²) in [4.78, 5) is 0. The Kier molecular flexibility index (Phi) is 11.8. The van der Waals surface area contributed by atoms with Crippen LogP contribution in [0.5, 0.6) is 0 Å². The summed E-state index contributed by atoms with van der Waals surface area (Å²) in [5.41, 5.74) is 3.46. The van der Waals surface area contributed by atoms with Crippen LogP contribution >= 0.6 is 0 Å². The second-order valence-electron chi connectivity index (χ2n) is 5.70. The van der Waals surface area contributed by atoms with Crippen molar-refractivity contribution in [1.82, 2.24) is 0 Å². The SMILES string of the molecule is C[Si](C)(C)C1[C-]=Cc2ccccc21.[Cl-].[Cl-].[Zr+4].c1cc[cH-]c1. The predicted molar refractivity (Wildman–Crippen MR) is 82.3 cm³/mol. The maximum atomic E-state index is 3.50. The number of hydrogen-bond acceptors (Lipinski definition) is 0. The van der Waals surface area contributed by atoms with E-state index in [0.717, 1.165) is 0 Å². The fourth-order valence-corrected chi connectivity index (χ4v) is 3.98. The van der Waals surface area contributed by atoms with Crippen molar-refractivity contribution >= 4 is 14.1 Å². The fourth-order valence-electron chi connectivity index (χ4n) is 2.21. The molecule has 1 aliphatic rings. The summed E-state index contributed by atoms with van der Waals surface area (Å²) in [6, 6.07) is 18.7. The molecule has 1 unspecified atom stereocenters. The third-order valence-corrected chi connectivity index (χ3v) is 5.34. The number of fused-ring (bicyclic) bond motifs is 1. The molecule has 110 valence electrons. The minimum Gasteiger partial charge on any atom is -1.00 e. The Labute approximate surface area is 161 Å². The van der Waals surface area contributed by atoms with Gasteiger partial charge in [0.2, 0.25) is 0 Å². The third kappa shape index (κ3) is 6.74. The molecule has 0 nitrogen and oxygen atoms in total. The molecule has 0 aliphatic heterocycles. The summed E-state index contributed by atoms with van der Waals surface area (Å²) in [5.74, 6) is 0. The second kappa shape index (κ2) is 10.7. The zero-order valence-corrected chi connectivity index (χ0v) is 17.6. The van der Waals surface area contributed by atoms with E-state index in [2.05, 4.69) is 56.1 Å². The minimum atomic E-state index is -1.12. The van der Waals surface area contributed by atoms with Crippen LogP contribution in [0.25, 0.3) is 6.08 Å².